The molecule has 1 aliphatic rings. The average Bonchev–Trinajstić information content (AvgIpc) is 2.98. The first-order valence-electron chi connectivity index (χ1n) is 8.99. The zero-order chi connectivity index (χ0) is 21.0. The fourth-order valence-corrected chi connectivity index (χ4v) is 3.41. The van der Waals surface area contributed by atoms with Gasteiger partial charge in [-0.2, -0.15) is 0 Å². The number of halogens is 2. The number of amides is 3. The van der Waals surface area contributed by atoms with Gasteiger partial charge in [0.05, 0.1) is 13.7 Å². The number of carbonyl (C=O) groups is 2. The third kappa shape index (κ3) is 4.45. The van der Waals surface area contributed by atoms with Gasteiger partial charge in [0.2, 0.25) is 5.91 Å². The average molecular weight is 405 g/mol. The monoisotopic (exact) mass is 405 g/mol. The molecule has 9 heteroatoms. The highest BCUT2D eigenvalue weighted by molar-refractivity contribution is 5.95. The van der Waals surface area contributed by atoms with Crippen molar-refractivity contribution in [2.45, 2.75) is 12.0 Å². The Bertz CT molecular complexity index is 872. The number of rotatable bonds is 6. The van der Waals surface area contributed by atoms with Crippen molar-refractivity contribution in [2.24, 2.45) is 0 Å². The zero-order valence-corrected chi connectivity index (χ0v) is 15.7. The number of nitrogens with one attached hydrogen (secondary N) is 2. The summed E-state index contributed by atoms with van der Waals surface area (Å²) in [5.41, 5.74) is 0.186. The fourth-order valence-electron chi connectivity index (χ4n) is 3.41. The van der Waals surface area contributed by atoms with Crippen molar-refractivity contribution in [3.8, 4) is 5.75 Å². The molecular weight excluding hydrogens is 384 g/mol. The highest BCUT2D eigenvalue weighted by Crippen LogP contribution is 2.34. The summed E-state index contributed by atoms with van der Waals surface area (Å²) in [4.78, 5) is 26.4. The first kappa shape index (κ1) is 20.5. The van der Waals surface area contributed by atoms with E-state index < -0.39 is 35.5 Å². The summed E-state index contributed by atoms with van der Waals surface area (Å²) >= 11 is 0. The molecule has 2 atom stereocenters. The number of β-amino-alcohol motifs (C(OH)–C–C–N with tert-alkyl or cyclic N) is 1. The molecule has 3 rings (SSSR count). The van der Waals surface area contributed by atoms with Crippen molar-refractivity contribution >= 4 is 17.6 Å². The smallest absolute Gasteiger partial charge is 0.319 e. The lowest BCUT2D eigenvalue weighted by Crippen LogP contribution is -2.45. The molecule has 3 N–H and O–H groups in total. The molecule has 2 aromatic rings. The number of nitrogens with zero attached hydrogens (tertiary/aromatic N) is 1. The summed E-state index contributed by atoms with van der Waals surface area (Å²) in [6.45, 7) is -0.363. The molecule has 154 valence electrons. The van der Waals surface area contributed by atoms with Gasteiger partial charge in [0.15, 0.2) is 0 Å². The second-order valence-corrected chi connectivity index (χ2v) is 6.56. The number of aliphatic hydroxyl groups excluding tert-OH is 1. The van der Waals surface area contributed by atoms with Gasteiger partial charge in [-0.25, -0.2) is 13.6 Å². The minimum absolute atomic E-state index is 0.00613. The second kappa shape index (κ2) is 8.87. The molecular formula is C20H21F2N3O4. The van der Waals surface area contributed by atoms with Gasteiger partial charge in [0, 0.05) is 42.4 Å². The van der Waals surface area contributed by atoms with E-state index in [9.17, 15) is 23.5 Å². The summed E-state index contributed by atoms with van der Waals surface area (Å²) in [5.74, 6) is -3.24. The lowest BCUT2D eigenvalue weighted by atomic mass is 9.93. The third-order valence-corrected chi connectivity index (χ3v) is 4.74. The summed E-state index contributed by atoms with van der Waals surface area (Å²) in [6.07, 6.45) is 0. The molecule has 0 radical (unpaired) electrons. The highest BCUT2D eigenvalue weighted by atomic mass is 19.1. The molecule has 1 saturated heterocycles. The molecule has 0 aromatic heterocycles. The van der Waals surface area contributed by atoms with Crippen LogP contribution in [0.25, 0.3) is 0 Å². The molecule has 7 nitrogen and oxygen atoms in total. The van der Waals surface area contributed by atoms with Gasteiger partial charge in [-0.15, -0.1) is 0 Å². The van der Waals surface area contributed by atoms with Crippen molar-refractivity contribution in [1.82, 2.24) is 10.2 Å². The molecule has 0 saturated carbocycles. The van der Waals surface area contributed by atoms with Crippen molar-refractivity contribution in [1.29, 1.82) is 0 Å². The number of urea groups is 1. The van der Waals surface area contributed by atoms with E-state index in [1.807, 2.05) is 0 Å². The molecule has 29 heavy (non-hydrogen) atoms. The number of benzene rings is 2. The second-order valence-electron chi connectivity index (χ2n) is 6.56. The van der Waals surface area contributed by atoms with E-state index >= 15 is 0 Å². The van der Waals surface area contributed by atoms with E-state index in [4.69, 9.17) is 4.74 Å². The zero-order valence-electron chi connectivity index (χ0n) is 15.7. The molecule has 1 aliphatic heterocycles. The molecule has 3 amide bonds. The van der Waals surface area contributed by atoms with Crippen LogP contribution in [-0.2, 0) is 4.79 Å². The predicted octanol–water partition coefficient (Wildman–Crippen LogP) is 2.08. The number of hydrogen-bond acceptors (Lipinski definition) is 4. The van der Waals surface area contributed by atoms with E-state index in [0.717, 1.165) is 12.1 Å². The minimum atomic E-state index is -1.19. The molecule has 2 aromatic carbocycles. The third-order valence-electron chi connectivity index (χ3n) is 4.74. The Hall–Kier alpha value is -3.20. The number of likely N-dealkylation sites (tertiary alicyclic amines) is 1. The first-order chi connectivity index (χ1) is 13.9. The van der Waals surface area contributed by atoms with Crippen LogP contribution in [0, 0.1) is 11.6 Å². The van der Waals surface area contributed by atoms with Crippen LogP contribution in [0.4, 0.5) is 19.3 Å². The number of methoxy groups -OCH3 is 1. The molecule has 0 bridgehead atoms. The van der Waals surface area contributed by atoms with Crippen molar-refractivity contribution in [2.75, 3.05) is 32.1 Å². The molecule has 1 heterocycles. The molecule has 0 aliphatic carbocycles. The Kier molecular flexibility index (Phi) is 6.28. The summed E-state index contributed by atoms with van der Waals surface area (Å²) in [6, 6.07) is 8.73. The van der Waals surface area contributed by atoms with Gasteiger partial charge in [-0.1, -0.05) is 18.2 Å². The largest absolute Gasteiger partial charge is 0.497 e. The van der Waals surface area contributed by atoms with Crippen LogP contribution in [0.1, 0.15) is 11.5 Å². The van der Waals surface area contributed by atoms with E-state index in [2.05, 4.69) is 10.6 Å². The van der Waals surface area contributed by atoms with Crippen LogP contribution in [0.15, 0.2) is 42.5 Å². The maximum Gasteiger partial charge on any atom is 0.319 e. The van der Waals surface area contributed by atoms with Gasteiger partial charge in [0.25, 0.3) is 0 Å². The summed E-state index contributed by atoms with van der Waals surface area (Å²) in [7, 11) is 1.29. The lowest BCUT2D eigenvalue weighted by molar-refractivity contribution is -0.129. The Morgan fingerprint density at radius 3 is 2.48 bits per heavy atom. The fraction of sp³-hybridized carbons (Fsp3) is 0.300. The predicted molar refractivity (Wildman–Crippen MR) is 102 cm³/mol. The summed E-state index contributed by atoms with van der Waals surface area (Å²) in [5, 5.41) is 14.3. The Morgan fingerprint density at radius 2 is 1.90 bits per heavy atom. The van der Waals surface area contributed by atoms with Gasteiger partial charge in [-0.3, -0.25) is 4.79 Å². The van der Waals surface area contributed by atoms with Crippen LogP contribution in [0.3, 0.4) is 0 Å². The van der Waals surface area contributed by atoms with Gasteiger partial charge in [0.1, 0.15) is 23.4 Å². The number of anilines is 1. The van der Waals surface area contributed by atoms with E-state index in [0.29, 0.717) is 5.69 Å². The first-order valence-corrected chi connectivity index (χ1v) is 8.99. The number of para-hydroxylation sites is 1. The van der Waals surface area contributed by atoms with Crippen LogP contribution in [0.2, 0.25) is 0 Å². The highest BCUT2D eigenvalue weighted by Gasteiger charge is 2.44. The minimum Gasteiger partial charge on any atom is -0.497 e. The van der Waals surface area contributed by atoms with Crippen LogP contribution < -0.4 is 15.4 Å². The number of aliphatic hydroxyl groups is 1. The normalized spacial score (nSPS) is 18.6. The SMILES string of the molecule is COc1cc(F)c([C@@H]2CN(CCO)C(=O)[C@H]2NC(=O)Nc2ccccc2)c(F)c1. The van der Waals surface area contributed by atoms with E-state index in [1.165, 1.54) is 12.0 Å². The number of ether oxygens (including phenoxy) is 1. The van der Waals surface area contributed by atoms with Gasteiger partial charge in [-0.05, 0) is 12.1 Å². The number of carbonyl (C=O) groups excluding carboxylic acids is 2. The van der Waals surface area contributed by atoms with Gasteiger partial charge >= 0.3 is 6.03 Å². The van der Waals surface area contributed by atoms with E-state index in [1.54, 1.807) is 30.3 Å². The van der Waals surface area contributed by atoms with Crippen molar-refractivity contribution in [3.05, 3.63) is 59.7 Å². The number of hydrogen-bond donors (Lipinski definition) is 3. The maximum absolute atomic E-state index is 14.6. The van der Waals surface area contributed by atoms with Crippen LogP contribution in [0.5, 0.6) is 5.75 Å². The standard InChI is InChI=1S/C20H21F2N3O4/c1-29-13-9-15(21)17(16(22)10-13)14-11-25(7-8-26)19(27)18(14)24-20(28)23-12-5-3-2-4-6-12/h2-6,9-10,14,18,26H,7-8,11H2,1H3,(H2,23,24,28)/t14-,18-/m0/s1. The topological polar surface area (TPSA) is 90.9 Å². The van der Waals surface area contributed by atoms with Crippen LogP contribution in [-0.4, -0.2) is 54.8 Å². The molecule has 0 unspecified atom stereocenters. The Morgan fingerprint density at radius 1 is 1.24 bits per heavy atom. The summed E-state index contributed by atoms with van der Waals surface area (Å²) < 4.78 is 34.1. The molecule has 0 spiro atoms. The van der Waals surface area contributed by atoms with Gasteiger partial charge < -0.3 is 25.4 Å². The van der Waals surface area contributed by atoms with E-state index in [-0.39, 0.29) is 31.0 Å². The Balaban J connectivity index is 1.88. The molecule has 1 fully saturated rings. The lowest BCUT2D eigenvalue weighted by Gasteiger charge is -2.20. The van der Waals surface area contributed by atoms with Crippen LogP contribution >= 0.6 is 0 Å². The van der Waals surface area contributed by atoms with Crippen molar-refractivity contribution < 1.29 is 28.2 Å². The quantitative estimate of drug-likeness (QED) is 0.686. The maximum atomic E-state index is 14.6. The Labute approximate surface area is 166 Å². The van der Waals surface area contributed by atoms with Crippen molar-refractivity contribution in [3.63, 3.8) is 0 Å².